The minimum atomic E-state index is -0.283. The molecule has 5 heteroatoms. The normalized spacial score (nSPS) is 11.2. The van der Waals surface area contributed by atoms with E-state index in [4.69, 9.17) is 0 Å². The van der Waals surface area contributed by atoms with E-state index in [0.29, 0.717) is 10.6 Å². The van der Waals surface area contributed by atoms with Gasteiger partial charge in [0.1, 0.15) is 22.5 Å². The lowest BCUT2D eigenvalue weighted by Gasteiger charge is -2.05. The minimum absolute atomic E-state index is 0.283. The molecular formula is C20H16FN3S. The molecule has 0 spiro atoms. The van der Waals surface area contributed by atoms with Crippen molar-refractivity contribution in [1.29, 1.82) is 5.26 Å². The summed E-state index contributed by atoms with van der Waals surface area (Å²) in [6.45, 7) is 4.06. The zero-order chi connectivity index (χ0) is 17.8. The molecule has 25 heavy (non-hydrogen) atoms. The smallest absolute Gasteiger partial charge is 0.136 e. The Morgan fingerprint density at radius 1 is 1.16 bits per heavy atom. The Morgan fingerprint density at radius 2 is 1.84 bits per heavy atom. The van der Waals surface area contributed by atoms with Crippen LogP contribution in [0.25, 0.3) is 16.8 Å². The van der Waals surface area contributed by atoms with Gasteiger partial charge in [-0.15, -0.1) is 11.3 Å². The molecule has 0 saturated carbocycles. The van der Waals surface area contributed by atoms with Gasteiger partial charge in [-0.1, -0.05) is 6.07 Å². The number of thiazole rings is 1. The van der Waals surface area contributed by atoms with E-state index in [2.05, 4.69) is 22.4 Å². The average Bonchev–Trinajstić information content (AvgIpc) is 3.05. The van der Waals surface area contributed by atoms with Crippen molar-refractivity contribution >= 4 is 22.6 Å². The van der Waals surface area contributed by atoms with Crippen LogP contribution in [0.5, 0.6) is 0 Å². The van der Waals surface area contributed by atoms with Crippen molar-refractivity contribution in [3.8, 4) is 17.3 Å². The number of aryl methyl sites for hydroxylation is 2. The minimum Gasteiger partial charge on any atom is -0.360 e. The molecule has 0 radical (unpaired) electrons. The lowest BCUT2D eigenvalue weighted by atomic mass is 10.1. The van der Waals surface area contributed by atoms with E-state index in [1.807, 2.05) is 31.4 Å². The lowest BCUT2D eigenvalue weighted by molar-refractivity contribution is 0.628. The van der Waals surface area contributed by atoms with Gasteiger partial charge in [-0.05, 0) is 61.4 Å². The van der Waals surface area contributed by atoms with Crippen LogP contribution in [0, 0.1) is 31.0 Å². The van der Waals surface area contributed by atoms with Gasteiger partial charge in [0.05, 0.1) is 5.69 Å². The number of rotatable bonds is 4. The van der Waals surface area contributed by atoms with E-state index in [0.717, 1.165) is 28.1 Å². The highest BCUT2D eigenvalue weighted by Gasteiger charge is 2.09. The summed E-state index contributed by atoms with van der Waals surface area (Å²) in [7, 11) is 0. The van der Waals surface area contributed by atoms with Gasteiger partial charge in [0.25, 0.3) is 0 Å². The largest absolute Gasteiger partial charge is 0.360 e. The number of nitrogens with one attached hydrogen (secondary N) is 1. The van der Waals surface area contributed by atoms with Crippen molar-refractivity contribution < 1.29 is 4.39 Å². The molecule has 124 valence electrons. The van der Waals surface area contributed by atoms with E-state index < -0.39 is 0 Å². The van der Waals surface area contributed by atoms with Crippen LogP contribution in [0.3, 0.4) is 0 Å². The molecule has 0 fully saturated rings. The van der Waals surface area contributed by atoms with Gasteiger partial charge in [0.15, 0.2) is 0 Å². The molecule has 0 unspecified atom stereocenters. The Labute approximate surface area is 150 Å². The summed E-state index contributed by atoms with van der Waals surface area (Å²) in [4.78, 5) is 4.49. The van der Waals surface area contributed by atoms with Gasteiger partial charge < -0.3 is 5.32 Å². The van der Waals surface area contributed by atoms with E-state index in [9.17, 15) is 9.65 Å². The van der Waals surface area contributed by atoms with E-state index >= 15 is 0 Å². The number of nitriles is 1. The van der Waals surface area contributed by atoms with Gasteiger partial charge in [0, 0.05) is 22.8 Å². The van der Waals surface area contributed by atoms with Crippen LogP contribution in [0.4, 0.5) is 10.1 Å². The van der Waals surface area contributed by atoms with E-state index in [-0.39, 0.29) is 5.82 Å². The molecule has 1 heterocycles. The maximum Gasteiger partial charge on any atom is 0.136 e. The molecule has 0 bridgehead atoms. The first-order chi connectivity index (χ1) is 12.0. The van der Waals surface area contributed by atoms with Crippen LogP contribution < -0.4 is 5.32 Å². The quantitative estimate of drug-likeness (QED) is 0.629. The average molecular weight is 349 g/mol. The summed E-state index contributed by atoms with van der Waals surface area (Å²) < 4.78 is 13.0. The van der Waals surface area contributed by atoms with Gasteiger partial charge in [0.2, 0.25) is 0 Å². The number of nitrogens with zero attached hydrogens (tertiary/aromatic N) is 2. The third-order valence-electron chi connectivity index (χ3n) is 3.60. The molecule has 3 rings (SSSR count). The Kier molecular flexibility index (Phi) is 4.92. The molecule has 3 nitrogen and oxygen atoms in total. The molecular weight excluding hydrogens is 333 g/mol. The number of benzene rings is 2. The third-order valence-corrected chi connectivity index (χ3v) is 4.48. The first-order valence-electron chi connectivity index (χ1n) is 7.72. The molecule has 0 saturated heterocycles. The summed E-state index contributed by atoms with van der Waals surface area (Å²) in [5.41, 5.74) is 5.25. The zero-order valence-electron chi connectivity index (χ0n) is 13.9. The Hall–Kier alpha value is -2.97. The molecule has 0 aliphatic heterocycles. The number of aromatic nitrogens is 1. The predicted molar refractivity (Wildman–Crippen MR) is 101 cm³/mol. The molecule has 3 aromatic rings. The van der Waals surface area contributed by atoms with Crippen molar-refractivity contribution in [3.63, 3.8) is 0 Å². The molecule has 0 aliphatic rings. The van der Waals surface area contributed by atoms with Gasteiger partial charge in [-0.25, -0.2) is 9.37 Å². The second kappa shape index (κ2) is 7.29. The number of halogens is 1. The van der Waals surface area contributed by atoms with Gasteiger partial charge >= 0.3 is 0 Å². The van der Waals surface area contributed by atoms with Crippen LogP contribution in [0.1, 0.15) is 16.1 Å². The maximum atomic E-state index is 13.0. The number of anilines is 1. The maximum absolute atomic E-state index is 13.0. The molecule has 0 aliphatic carbocycles. The van der Waals surface area contributed by atoms with Crippen molar-refractivity contribution in [2.75, 3.05) is 5.32 Å². The molecule has 0 atom stereocenters. The second-order valence-corrected chi connectivity index (χ2v) is 6.59. The van der Waals surface area contributed by atoms with E-state index in [1.165, 1.54) is 23.5 Å². The summed E-state index contributed by atoms with van der Waals surface area (Å²) in [6.07, 6.45) is 1.67. The summed E-state index contributed by atoms with van der Waals surface area (Å²) in [5.74, 6) is -0.283. The molecule has 0 amide bonds. The fourth-order valence-electron chi connectivity index (χ4n) is 2.51. The summed E-state index contributed by atoms with van der Waals surface area (Å²) >= 11 is 1.39. The monoisotopic (exact) mass is 349 g/mol. The number of hydrogen-bond acceptors (Lipinski definition) is 4. The number of allylic oxidation sites excluding steroid dienone is 1. The Balaban J connectivity index is 1.84. The fraction of sp³-hybridized carbons (Fsp3) is 0.100. The van der Waals surface area contributed by atoms with Crippen molar-refractivity contribution in [2.24, 2.45) is 0 Å². The van der Waals surface area contributed by atoms with Crippen LogP contribution in [-0.2, 0) is 0 Å². The lowest BCUT2D eigenvalue weighted by Crippen LogP contribution is -1.92. The van der Waals surface area contributed by atoms with Gasteiger partial charge in [-0.2, -0.15) is 5.26 Å². The highest BCUT2D eigenvalue weighted by Crippen LogP contribution is 2.26. The highest BCUT2D eigenvalue weighted by atomic mass is 32.1. The van der Waals surface area contributed by atoms with Gasteiger partial charge in [-0.3, -0.25) is 0 Å². The Morgan fingerprint density at radius 3 is 2.48 bits per heavy atom. The van der Waals surface area contributed by atoms with Crippen molar-refractivity contribution in [1.82, 2.24) is 4.98 Å². The third kappa shape index (κ3) is 4.11. The molecule has 1 aromatic heterocycles. The molecule has 1 N–H and O–H groups in total. The standard InChI is InChI=1S/C20H16FN3S/c1-13-7-14(2)9-18(8-13)23-11-16(10-22)20-24-19(12-25-20)15-3-5-17(21)6-4-15/h3-9,11-12,23H,1-2H3/b16-11-. The zero-order valence-corrected chi connectivity index (χ0v) is 14.7. The fourth-order valence-corrected chi connectivity index (χ4v) is 3.30. The SMILES string of the molecule is Cc1cc(C)cc(N/C=C(/C#N)c2nc(-c3ccc(F)cc3)cs2)c1. The van der Waals surface area contributed by atoms with Crippen LogP contribution in [0.2, 0.25) is 0 Å². The number of hydrogen-bond donors (Lipinski definition) is 1. The predicted octanol–water partition coefficient (Wildman–Crippen LogP) is 5.54. The second-order valence-electron chi connectivity index (χ2n) is 5.74. The van der Waals surface area contributed by atoms with Crippen molar-refractivity contribution in [3.05, 3.63) is 76.0 Å². The Bertz CT molecular complexity index is 945. The van der Waals surface area contributed by atoms with Crippen LogP contribution >= 0.6 is 11.3 Å². The molecule has 2 aromatic carbocycles. The van der Waals surface area contributed by atoms with E-state index in [1.54, 1.807) is 18.3 Å². The summed E-state index contributed by atoms with van der Waals surface area (Å²) in [6, 6.07) is 14.5. The highest BCUT2D eigenvalue weighted by molar-refractivity contribution is 7.11. The summed E-state index contributed by atoms with van der Waals surface area (Å²) in [5, 5.41) is 15.1. The van der Waals surface area contributed by atoms with Crippen molar-refractivity contribution in [2.45, 2.75) is 13.8 Å². The van der Waals surface area contributed by atoms with Crippen LogP contribution in [-0.4, -0.2) is 4.98 Å². The van der Waals surface area contributed by atoms with Crippen LogP contribution in [0.15, 0.2) is 54.0 Å². The topological polar surface area (TPSA) is 48.7 Å². The first kappa shape index (κ1) is 16.9. The first-order valence-corrected chi connectivity index (χ1v) is 8.60.